The third kappa shape index (κ3) is 4.56. The maximum absolute atomic E-state index is 13.1. The number of nitrogens with one attached hydrogen (secondary N) is 3. The molecule has 0 spiro atoms. The summed E-state index contributed by atoms with van der Waals surface area (Å²) in [6, 6.07) is 14.6. The summed E-state index contributed by atoms with van der Waals surface area (Å²) in [4.78, 5) is 25.6. The van der Waals surface area contributed by atoms with Crippen molar-refractivity contribution in [3.05, 3.63) is 81.3 Å². The number of carbonyl (C=O) groups excluding carboxylic acids is 1. The number of H-pyrrole nitrogens is 2. The number of benzene rings is 2. The average Bonchev–Trinajstić information content (AvgIpc) is 3.45. The summed E-state index contributed by atoms with van der Waals surface area (Å²) in [5.41, 5.74) is 6.82. The minimum absolute atomic E-state index is 0.0229. The minimum Gasteiger partial charge on any atom is -0.295 e. The van der Waals surface area contributed by atoms with E-state index in [-0.39, 0.29) is 11.0 Å². The van der Waals surface area contributed by atoms with Crippen molar-refractivity contribution in [2.24, 2.45) is 5.10 Å². The molecular formula is C24H26N8O2. The number of carbonyl (C=O) groups is 1. The number of aryl methyl sites for hydroxylation is 1. The summed E-state index contributed by atoms with van der Waals surface area (Å²) in [6.07, 6.45) is 0. The highest BCUT2D eigenvalue weighted by molar-refractivity contribution is 6.01. The van der Waals surface area contributed by atoms with Gasteiger partial charge in [-0.05, 0) is 54.3 Å². The Bertz CT molecular complexity index is 1390. The van der Waals surface area contributed by atoms with E-state index in [1.54, 1.807) is 38.1 Å². The normalized spacial score (nSPS) is 12.1. The number of hydrazone groups is 1. The van der Waals surface area contributed by atoms with Crippen LogP contribution in [-0.2, 0) is 5.41 Å². The first-order chi connectivity index (χ1) is 16.1. The first kappa shape index (κ1) is 22.8. The molecule has 4 rings (SSSR count). The van der Waals surface area contributed by atoms with Crippen LogP contribution in [0, 0.1) is 6.92 Å². The second-order valence-electron chi connectivity index (χ2n) is 9.00. The van der Waals surface area contributed by atoms with Crippen LogP contribution in [-0.4, -0.2) is 42.0 Å². The molecule has 0 aliphatic rings. The fraction of sp³-hybridized carbons (Fsp3) is 0.250. The lowest BCUT2D eigenvalue weighted by molar-refractivity contribution is 0.0955. The van der Waals surface area contributed by atoms with Gasteiger partial charge in [0.15, 0.2) is 0 Å². The molecule has 2 aromatic carbocycles. The van der Waals surface area contributed by atoms with Crippen molar-refractivity contribution in [1.82, 2.24) is 35.8 Å². The number of hydrogen-bond donors (Lipinski definition) is 3. The Balaban J connectivity index is 1.52. The smallest absolute Gasteiger partial charge is 0.280 e. The largest absolute Gasteiger partial charge is 0.295 e. The van der Waals surface area contributed by atoms with Crippen molar-refractivity contribution in [1.29, 1.82) is 0 Å². The van der Waals surface area contributed by atoms with E-state index in [2.05, 4.69) is 57.0 Å². The number of nitrogens with zero attached hydrogens (tertiary/aromatic N) is 5. The van der Waals surface area contributed by atoms with Gasteiger partial charge >= 0.3 is 0 Å². The molecule has 0 aliphatic carbocycles. The molecule has 3 N–H and O–H groups in total. The minimum atomic E-state index is -0.398. The van der Waals surface area contributed by atoms with Gasteiger partial charge in [0.25, 0.3) is 11.5 Å². The molecule has 0 aliphatic heterocycles. The van der Waals surface area contributed by atoms with Gasteiger partial charge in [0.2, 0.25) is 5.82 Å². The maximum Gasteiger partial charge on any atom is 0.280 e. The number of aromatic amines is 2. The Hall–Kier alpha value is -4.34. The van der Waals surface area contributed by atoms with Gasteiger partial charge in [-0.25, -0.2) is 10.1 Å². The molecule has 1 amide bonds. The quantitative estimate of drug-likeness (QED) is 0.312. The van der Waals surface area contributed by atoms with E-state index in [9.17, 15) is 9.59 Å². The van der Waals surface area contributed by atoms with E-state index in [1.165, 1.54) is 10.2 Å². The Kier molecular flexibility index (Phi) is 5.97. The summed E-state index contributed by atoms with van der Waals surface area (Å²) in [6.45, 7) is 9.91. The van der Waals surface area contributed by atoms with Crippen LogP contribution in [0.3, 0.4) is 0 Å². The van der Waals surface area contributed by atoms with Crippen LogP contribution < -0.4 is 11.0 Å². The summed E-state index contributed by atoms with van der Waals surface area (Å²) in [7, 11) is 0. The lowest BCUT2D eigenvalue weighted by Crippen LogP contribution is -2.23. The van der Waals surface area contributed by atoms with Gasteiger partial charge < -0.3 is 0 Å². The number of hydrogen-bond acceptors (Lipinski definition) is 6. The molecule has 10 heteroatoms. The number of aromatic nitrogens is 6. The summed E-state index contributed by atoms with van der Waals surface area (Å²) < 4.78 is 1.48. The molecule has 0 fully saturated rings. The van der Waals surface area contributed by atoms with Crippen molar-refractivity contribution in [3.63, 3.8) is 0 Å². The molecule has 0 saturated carbocycles. The Morgan fingerprint density at radius 3 is 2.32 bits per heavy atom. The molecule has 174 valence electrons. The van der Waals surface area contributed by atoms with Crippen molar-refractivity contribution in [2.75, 3.05) is 0 Å². The van der Waals surface area contributed by atoms with Crippen LogP contribution >= 0.6 is 0 Å². The number of tetrazole rings is 1. The van der Waals surface area contributed by atoms with Gasteiger partial charge in [-0.1, -0.05) is 45.0 Å². The molecule has 10 nitrogen and oxygen atoms in total. The average molecular weight is 459 g/mol. The van der Waals surface area contributed by atoms with Crippen LogP contribution in [0.15, 0.2) is 58.4 Å². The fourth-order valence-electron chi connectivity index (χ4n) is 3.57. The zero-order chi connectivity index (χ0) is 24.5. The van der Waals surface area contributed by atoms with Crippen LogP contribution in [0.1, 0.15) is 54.9 Å². The van der Waals surface area contributed by atoms with E-state index in [0.717, 1.165) is 11.3 Å². The highest BCUT2D eigenvalue weighted by atomic mass is 16.2. The van der Waals surface area contributed by atoms with Crippen molar-refractivity contribution in [3.8, 4) is 17.1 Å². The van der Waals surface area contributed by atoms with Gasteiger partial charge in [-0.15, -0.1) is 10.2 Å². The maximum atomic E-state index is 13.1. The van der Waals surface area contributed by atoms with Gasteiger partial charge in [0.1, 0.15) is 0 Å². The summed E-state index contributed by atoms with van der Waals surface area (Å²) in [5.74, 6) is 0.0402. The lowest BCUT2D eigenvalue weighted by Gasteiger charge is -2.19. The van der Waals surface area contributed by atoms with Gasteiger partial charge in [0, 0.05) is 16.8 Å². The third-order valence-electron chi connectivity index (χ3n) is 5.50. The van der Waals surface area contributed by atoms with Crippen molar-refractivity contribution >= 4 is 11.6 Å². The topological polar surface area (TPSA) is 134 Å². The molecule has 2 heterocycles. The molecule has 0 radical (unpaired) electrons. The van der Waals surface area contributed by atoms with Crippen LogP contribution in [0.25, 0.3) is 17.1 Å². The second-order valence-corrected chi connectivity index (χ2v) is 9.00. The third-order valence-corrected chi connectivity index (χ3v) is 5.50. The Labute approximate surface area is 196 Å². The van der Waals surface area contributed by atoms with Crippen molar-refractivity contribution in [2.45, 2.75) is 40.0 Å². The molecule has 0 saturated heterocycles. The van der Waals surface area contributed by atoms with E-state index in [4.69, 9.17) is 0 Å². The second kappa shape index (κ2) is 8.89. The zero-order valence-corrected chi connectivity index (χ0v) is 19.7. The molecule has 0 bridgehead atoms. The Morgan fingerprint density at radius 1 is 1.06 bits per heavy atom. The molecule has 4 aromatic rings. The molecular weight excluding hydrogens is 432 g/mol. The van der Waals surface area contributed by atoms with Crippen LogP contribution in [0.5, 0.6) is 0 Å². The van der Waals surface area contributed by atoms with Crippen LogP contribution in [0.2, 0.25) is 0 Å². The van der Waals surface area contributed by atoms with E-state index >= 15 is 0 Å². The highest BCUT2D eigenvalue weighted by Crippen LogP contribution is 2.23. The number of amides is 1. The van der Waals surface area contributed by atoms with Crippen molar-refractivity contribution < 1.29 is 4.79 Å². The zero-order valence-electron chi connectivity index (χ0n) is 19.7. The van der Waals surface area contributed by atoms with Gasteiger partial charge in [-0.3, -0.25) is 14.7 Å². The summed E-state index contributed by atoms with van der Waals surface area (Å²) in [5, 5.41) is 21.0. The number of rotatable bonds is 5. The summed E-state index contributed by atoms with van der Waals surface area (Å²) >= 11 is 0. The fourth-order valence-corrected chi connectivity index (χ4v) is 3.57. The van der Waals surface area contributed by atoms with E-state index in [1.807, 2.05) is 24.3 Å². The first-order valence-corrected chi connectivity index (χ1v) is 10.8. The molecule has 34 heavy (non-hydrogen) atoms. The van der Waals surface area contributed by atoms with E-state index in [0.29, 0.717) is 28.4 Å². The Morgan fingerprint density at radius 2 is 1.74 bits per heavy atom. The lowest BCUT2D eigenvalue weighted by atomic mass is 9.87. The first-order valence-electron chi connectivity index (χ1n) is 10.8. The van der Waals surface area contributed by atoms with Gasteiger partial charge in [0.05, 0.1) is 17.0 Å². The highest BCUT2D eigenvalue weighted by Gasteiger charge is 2.17. The van der Waals surface area contributed by atoms with E-state index < -0.39 is 5.91 Å². The predicted molar refractivity (Wildman–Crippen MR) is 129 cm³/mol. The van der Waals surface area contributed by atoms with Crippen LogP contribution in [0.4, 0.5) is 0 Å². The predicted octanol–water partition coefficient (Wildman–Crippen LogP) is 3.11. The molecule has 2 aromatic heterocycles. The monoisotopic (exact) mass is 458 g/mol. The van der Waals surface area contributed by atoms with Gasteiger partial charge in [-0.2, -0.15) is 10.3 Å². The SMILES string of the molecule is C/C(=N\NC(=O)c1ccc(-c2nn[nH]n2)cc1)c1c(C)[nH]n(-c2ccc(C(C)(C)C)cc2)c1=O. The standard InChI is InChI=1S/C24H26N8O2/c1-14(25-28-22(33)17-8-6-16(7-9-17)21-26-30-31-27-21)20-15(2)29-32(23(20)34)19-12-10-18(11-13-19)24(3,4)5/h6-13,29H,1-5H3,(H,28,33)(H,26,27,30,31)/b25-14+. The molecule has 0 unspecified atom stereocenters. The molecule has 0 atom stereocenters.